The van der Waals surface area contributed by atoms with Crippen molar-refractivity contribution >= 4 is 21.6 Å². The van der Waals surface area contributed by atoms with Crippen molar-refractivity contribution in [1.29, 1.82) is 0 Å². The monoisotopic (exact) mass is 164 g/mol. The number of H-pyrrole nitrogens is 1. The molecule has 1 nitrogen and oxygen atoms in total. The second-order valence-electron chi connectivity index (χ2n) is 2.78. The van der Waals surface area contributed by atoms with Crippen LogP contribution in [0, 0.1) is 13.8 Å². The molecule has 2 heteroatoms. The number of aromatic nitrogens is 1. The smallest absolute Gasteiger partial charge is 0.199 e. The maximum Gasteiger partial charge on any atom is 0.233 e. The molecule has 2 aromatic rings. The molecule has 1 aromatic heterocycles. The Morgan fingerprint density at radius 2 is 2.09 bits per heavy atom. The van der Waals surface area contributed by atoms with Crippen LogP contribution in [-0.2, 0) is 0 Å². The number of nitrogens with one attached hydrogen (secondary N) is 1. The first kappa shape index (κ1) is 6.80. The zero-order valence-corrected chi connectivity index (χ0v) is 7.46. The molecule has 0 bridgehead atoms. The summed E-state index contributed by atoms with van der Waals surface area (Å²) < 4.78 is 1.34. The van der Waals surface area contributed by atoms with E-state index in [1.165, 1.54) is 20.8 Å². The maximum atomic E-state index is 3.32. The zero-order valence-electron chi connectivity index (χ0n) is 6.64. The average molecular weight is 164 g/mol. The molecule has 0 saturated carbocycles. The highest BCUT2D eigenvalue weighted by Crippen LogP contribution is 2.18. The average Bonchev–Trinajstić information content (AvgIpc) is 2.27. The number of thiazole rings is 1. The second kappa shape index (κ2) is 2.31. The lowest BCUT2D eigenvalue weighted by Gasteiger charge is -1.84. The van der Waals surface area contributed by atoms with Gasteiger partial charge in [-0.05, 0) is 18.6 Å². The molecule has 0 aliphatic carbocycles. The standard InChI is InChI=1S/C9H9NS/c1-6-3-4-9-8(5-6)10-7(2)11-9/h3-5H,1-2H3/p+1. The predicted octanol–water partition coefficient (Wildman–Crippen LogP) is 2.33. The molecule has 0 radical (unpaired) electrons. The van der Waals surface area contributed by atoms with Gasteiger partial charge in [-0.15, -0.1) is 0 Å². The molecule has 0 fully saturated rings. The number of fused-ring (bicyclic) bond motifs is 1. The number of benzene rings is 1. The van der Waals surface area contributed by atoms with E-state index < -0.39 is 0 Å². The highest BCUT2D eigenvalue weighted by atomic mass is 32.1. The highest BCUT2D eigenvalue weighted by Gasteiger charge is 2.05. The van der Waals surface area contributed by atoms with Gasteiger partial charge in [-0.2, -0.15) is 4.98 Å². The third-order valence-corrected chi connectivity index (χ3v) is 2.69. The Balaban J connectivity index is 2.82. The number of hydrogen-bond acceptors (Lipinski definition) is 1. The number of aryl methyl sites for hydroxylation is 2. The Kier molecular flexibility index (Phi) is 1.43. The van der Waals surface area contributed by atoms with Gasteiger partial charge in [0, 0.05) is 13.0 Å². The minimum absolute atomic E-state index is 1.26. The van der Waals surface area contributed by atoms with Gasteiger partial charge >= 0.3 is 0 Å². The first-order valence-electron chi connectivity index (χ1n) is 3.65. The summed E-state index contributed by atoms with van der Waals surface area (Å²) in [6.45, 7) is 4.21. The number of aromatic amines is 1. The third kappa shape index (κ3) is 1.14. The van der Waals surface area contributed by atoms with Crippen molar-refractivity contribution in [1.82, 2.24) is 0 Å². The Bertz CT molecular complexity index is 389. The number of rotatable bonds is 0. The van der Waals surface area contributed by atoms with Crippen LogP contribution in [0.1, 0.15) is 10.6 Å². The second-order valence-corrected chi connectivity index (χ2v) is 4.04. The summed E-state index contributed by atoms with van der Waals surface area (Å²) in [6.07, 6.45) is 0. The van der Waals surface area contributed by atoms with E-state index in [0.717, 1.165) is 0 Å². The minimum Gasteiger partial charge on any atom is -0.199 e. The molecule has 1 N–H and O–H groups in total. The van der Waals surface area contributed by atoms with E-state index in [2.05, 4.69) is 37.0 Å². The van der Waals surface area contributed by atoms with Gasteiger partial charge < -0.3 is 0 Å². The minimum atomic E-state index is 1.26. The lowest BCUT2D eigenvalue weighted by Crippen LogP contribution is -1.99. The van der Waals surface area contributed by atoms with Crippen molar-refractivity contribution in [3.05, 3.63) is 28.8 Å². The summed E-state index contributed by atoms with van der Waals surface area (Å²) in [4.78, 5) is 3.32. The molecule has 56 valence electrons. The first-order valence-corrected chi connectivity index (χ1v) is 4.46. The fourth-order valence-electron chi connectivity index (χ4n) is 1.21. The van der Waals surface area contributed by atoms with E-state index >= 15 is 0 Å². The van der Waals surface area contributed by atoms with Crippen molar-refractivity contribution in [2.24, 2.45) is 0 Å². The summed E-state index contributed by atoms with van der Waals surface area (Å²) in [5.41, 5.74) is 2.57. The summed E-state index contributed by atoms with van der Waals surface area (Å²) in [7, 11) is 0. The van der Waals surface area contributed by atoms with Crippen molar-refractivity contribution in [3.8, 4) is 0 Å². The van der Waals surface area contributed by atoms with Crippen LogP contribution >= 0.6 is 11.3 Å². The number of hydrogen-bond donors (Lipinski definition) is 0. The van der Waals surface area contributed by atoms with Gasteiger partial charge in [0.2, 0.25) is 10.5 Å². The van der Waals surface area contributed by atoms with Crippen LogP contribution in [0.3, 0.4) is 0 Å². The third-order valence-electron chi connectivity index (χ3n) is 1.71. The highest BCUT2D eigenvalue weighted by molar-refractivity contribution is 7.18. The van der Waals surface area contributed by atoms with Crippen LogP contribution < -0.4 is 4.98 Å². The Morgan fingerprint density at radius 3 is 2.91 bits per heavy atom. The molecule has 0 amide bonds. The van der Waals surface area contributed by atoms with E-state index in [4.69, 9.17) is 0 Å². The molecule has 1 aromatic carbocycles. The van der Waals surface area contributed by atoms with E-state index in [1.807, 2.05) is 0 Å². The zero-order chi connectivity index (χ0) is 7.84. The van der Waals surface area contributed by atoms with Crippen molar-refractivity contribution < 1.29 is 4.98 Å². The molecule has 1 heterocycles. The summed E-state index contributed by atoms with van der Waals surface area (Å²) in [6, 6.07) is 6.49. The lowest BCUT2D eigenvalue weighted by molar-refractivity contribution is -0.347. The van der Waals surface area contributed by atoms with Crippen LogP contribution in [0.2, 0.25) is 0 Å². The summed E-state index contributed by atoms with van der Waals surface area (Å²) in [5.74, 6) is 0. The lowest BCUT2D eigenvalue weighted by atomic mass is 10.2. The largest absolute Gasteiger partial charge is 0.233 e. The van der Waals surface area contributed by atoms with Gasteiger partial charge in [-0.3, -0.25) is 0 Å². The molecule has 0 unspecified atom stereocenters. The van der Waals surface area contributed by atoms with Crippen molar-refractivity contribution in [3.63, 3.8) is 0 Å². The molecular weight excluding hydrogens is 154 g/mol. The SMILES string of the molecule is Cc1ccc2sc(C)[nH+]c2c1. The summed E-state index contributed by atoms with van der Waals surface area (Å²) in [5, 5.41) is 1.27. The Labute approximate surface area is 69.7 Å². The molecule has 2 rings (SSSR count). The molecule has 0 aliphatic heterocycles. The van der Waals surface area contributed by atoms with E-state index in [9.17, 15) is 0 Å². The predicted molar refractivity (Wildman–Crippen MR) is 47.9 cm³/mol. The molecule has 0 spiro atoms. The fraction of sp³-hybridized carbons (Fsp3) is 0.222. The molecule has 0 atom stereocenters. The van der Waals surface area contributed by atoms with Crippen molar-refractivity contribution in [2.75, 3.05) is 0 Å². The summed E-state index contributed by atoms with van der Waals surface area (Å²) >= 11 is 1.81. The van der Waals surface area contributed by atoms with Crippen LogP contribution in [0.25, 0.3) is 10.2 Å². The first-order chi connectivity index (χ1) is 5.25. The van der Waals surface area contributed by atoms with Gasteiger partial charge in [-0.1, -0.05) is 17.4 Å². The van der Waals surface area contributed by atoms with Gasteiger partial charge in [0.05, 0.1) is 0 Å². The van der Waals surface area contributed by atoms with E-state index in [1.54, 1.807) is 11.3 Å². The molecule has 11 heavy (non-hydrogen) atoms. The van der Waals surface area contributed by atoms with Crippen LogP contribution in [0.15, 0.2) is 18.2 Å². The van der Waals surface area contributed by atoms with Crippen LogP contribution in [-0.4, -0.2) is 0 Å². The van der Waals surface area contributed by atoms with Gasteiger partial charge in [0.15, 0.2) is 0 Å². The topological polar surface area (TPSA) is 14.1 Å². The van der Waals surface area contributed by atoms with Crippen LogP contribution in [0.4, 0.5) is 0 Å². The normalized spacial score (nSPS) is 10.7. The van der Waals surface area contributed by atoms with Gasteiger partial charge in [-0.25, -0.2) is 0 Å². The fourth-order valence-corrected chi connectivity index (χ4v) is 2.06. The quantitative estimate of drug-likeness (QED) is 0.567. The van der Waals surface area contributed by atoms with E-state index in [-0.39, 0.29) is 0 Å². The van der Waals surface area contributed by atoms with Crippen LogP contribution in [0.5, 0.6) is 0 Å². The van der Waals surface area contributed by atoms with Gasteiger partial charge in [0.1, 0.15) is 4.70 Å². The van der Waals surface area contributed by atoms with Crippen molar-refractivity contribution in [2.45, 2.75) is 13.8 Å². The maximum absolute atomic E-state index is 3.32. The Morgan fingerprint density at radius 1 is 1.27 bits per heavy atom. The Hall–Kier alpha value is -0.890. The molecule has 0 saturated heterocycles. The molecular formula is C9H10NS+. The van der Waals surface area contributed by atoms with E-state index in [0.29, 0.717) is 0 Å². The molecule has 0 aliphatic rings. The van der Waals surface area contributed by atoms with Gasteiger partial charge in [0.25, 0.3) is 0 Å².